The molecule has 0 radical (unpaired) electrons. The summed E-state index contributed by atoms with van der Waals surface area (Å²) >= 11 is 18.2. The molecule has 3 aromatic carbocycles. The zero-order chi connectivity index (χ0) is 29.6. The van der Waals surface area contributed by atoms with Gasteiger partial charge in [-0.15, -0.1) is 0 Å². The van der Waals surface area contributed by atoms with E-state index in [9.17, 15) is 22.4 Å². The third-order valence-electron chi connectivity index (χ3n) is 5.99. The number of nitrogens with zero attached hydrogens (tertiary/aromatic N) is 2. The molecule has 0 saturated heterocycles. The Kier molecular flexibility index (Phi) is 10.8. The number of halogens is 4. The van der Waals surface area contributed by atoms with Crippen molar-refractivity contribution in [2.24, 2.45) is 5.92 Å². The number of rotatable bonds is 11. The maximum absolute atomic E-state index is 14.0. The first-order chi connectivity index (χ1) is 18.8. The van der Waals surface area contributed by atoms with Gasteiger partial charge >= 0.3 is 0 Å². The SMILES string of the molecule is CC(C)CNC(=O)C(C)N(Cc1ccc(Cl)c(Cl)c1)C(=O)CN(c1ccc(F)c(Cl)c1)S(=O)(=O)c1ccccc1. The van der Waals surface area contributed by atoms with Crippen molar-refractivity contribution in [1.29, 1.82) is 0 Å². The molecule has 1 N–H and O–H groups in total. The Hall–Kier alpha value is -2.85. The van der Waals surface area contributed by atoms with Crippen LogP contribution in [-0.2, 0) is 26.2 Å². The van der Waals surface area contributed by atoms with Gasteiger partial charge in [0.1, 0.15) is 18.4 Å². The molecule has 1 atom stereocenters. The van der Waals surface area contributed by atoms with Crippen molar-refractivity contribution in [2.45, 2.75) is 38.3 Å². The minimum Gasteiger partial charge on any atom is -0.354 e. The van der Waals surface area contributed by atoms with Gasteiger partial charge in [-0.25, -0.2) is 12.8 Å². The van der Waals surface area contributed by atoms with Crippen LogP contribution in [0.1, 0.15) is 26.3 Å². The first-order valence-corrected chi connectivity index (χ1v) is 14.9. The predicted octanol–water partition coefficient (Wildman–Crippen LogP) is 6.17. The van der Waals surface area contributed by atoms with E-state index in [4.69, 9.17) is 34.8 Å². The summed E-state index contributed by atoms with van der Waals surface area (Å²) in [6.45, 7) is 5.06. The highest BCUT2D eigenvalue weighted by molar-refractivity contribution is 7.92. The van der Waals surface area contributed by atoms with Crippen LogP contribution in [0.15, 0.2) is 71.6 Å². The lowest BCUT2D eigenvalue weighted by Crippen LogP contribution is -2.51. The van der Waals surface area contributed by atoms with Gasteiger partial charge in [-0.3, -0.25) is 13.9 Å². The van der Waals surface area contributed by atoms with Crippen molar-refractivity contribution in [3.05, 3.63) is 93.2 Å². The van der Waals surface area contributed by atoms with Crippen molar-refractivity contribution in [1.82, 2.24) is 10.2 Å². The van der Waals surface area contributed by atoms with Crippen LogP contribution in [0, 0.1) is 11.7 Å². The van der Waals surface area contributed by atoms with Gasteiger partial charge in [-0.2, -0.15) is 0 Å². The van der Waals surface area contributed by atoms with Crippen LogP contribution in [0.5, 0.6) is 0 Å². The number of hydrogen-bond acceptors (Lipinski definition) is 4. The molecular weight excluding hydrogens is 600 g/mol. The van der Waals surface area contributed by atoms with Gasteiger partial charge in [0.05, 0.1) is 25.7 Å². The van der Waals surface area contributed by atoms with Crippen molar-refractivity contribution in [3.63, 3.8) is 0 Å². The number of anilines is 1. The first-order valence-electron chi connectivity index (χ1n) is 12.3. The van der Waals surface area contributed by atoms with Gasteiger partial charge in [-0.1, -0.05) is 72.9 Å². The summed E-state index contributed by atoms with van der Waals surface area (Å²) in [7, 11) is -4.30. The molecule has 40 heavy (non-hydrogen) atoms. The fourth-order valence-electron chi connectivity index (χ4n) is 3.76. The first kappa shape index (κ1) is 31.7. The molecule has 0 heterocycles. The molecule has 0 aliphatic carbocycles. The number of hydrogen-bond donors (Lipinski definition) is 1. The highest BCUT2D eigenvalue weighted by Gasteiger charge is 2.33. The summed E-state index contributed by atoms with van der Waals surface area (Å²) in [6.07, 6.45) is 0. The lowest BCUT2D eigenvalue weighted by Gasteiger charge is -2.32. The number of nitrogens with one attached hydrogen (secondary N) is 1. The molecule has 0 spiro atoms. The Balaban J connectivity index is 2.04. The van der Waals surface area contributed by atoms with Crippen molar-refractivity contribution in [2.75, 3.05) is 17.4 Å². The normalized spacial score (nSPS) is 12.2. The third kappa shape index (κ3) is 7.87. The van der Waals surface area contributed by atoms with Crippen LogP contribution in [0.25, 0.3) is 0 Å². The molecule has 1 unspecified atom stereocenters. The minimum absolute atomic E-state index is 0.0185. The molecule has 3 rings (SSSR count). The van der Waals surface area contributed by atoms with Crippen LogP contribution >= 0.6 is 34.8 Å². The van der Waals surface area contributed by atoms with Crippen LogP contribution in [-0.4, -0.2) is 44.3 Å². The van der Waals surface area contributed by atoms with Crippen LogP contribution in [0.4, 0.5) is 10.1 Å². The summed E-state index contributed by atoms with van der Waals surface area (Å²) in [4.78, 5) is 28.1. The maximum Gasteiger partial charge on any atom is 0.264 e. The van der Waals surface area contributed by atoms with E-state index in [-0.39, 0.29) is 33.1 Å². The van der Waals surface area contributed by atoms with Gasteiger partial charge in [-0.05, 0) is 60.9 Å². The van der Waals surface area contributed by atoms with Crippen molar-refractivity contribution in [3.8, 4) is 0 Å². The molecule has 0 bridgehead atoms. The zero-order valence-electron chi connectivity index (χ0n) is 22.1. The lowest BCUT2D eigenvalue weighted by molar-refractivity contribution is -0.139. The average molecular weight is 629 g/mol. The highest BCUT2D eigenvalue weighted by Crippen LogP contribution is 2.29. The molecule has 2 amide bonds. The lowest BCUT2D eigenvalue weighted by atomic mass is 10.1. The monoisotopic (exact) mass is 627 g/mol. The van der Waals surface area contributed by atoms with Crippen LogP contribution < -0.4 is 9.62 Å². The summed E-state index contributed by atoms with van der Waals surface area (Å²) < 4.78 is 42.2. The molecule has 0 aromatic heterocycles. The fraction of sp³-hybridized carbons (Fsp3) is 0.286. The highest BCUT2D eigenvalue weighted by atomic mass is 35.5. The molecule has 12 heteroatoms. The second kappa shape index (κ2) is 13.7. The number of sulfonamides is 1. The maximum atomic E-state index is 14.0. The quantitative estimate of drug-likeness (QED) is 0.275. The minimum atomic E-state index is -4.30. The van der Waals surface area contributed by atoms with Crippen LogP contribution in [0.2, 0.25) is 15.1 Å². The Morgan fingerprint density at radius 3 is 2.17 bits per heavy atom. The van der Waals surface area contributed by atoms with E-state index in [0.717, 1.165) is 16.4 Å². The number of benzene rings is 3. The standard InChI is InChI=1S/C28H29Cl3FN3O4S/c1-18(2)15-33-28(37)19(3)34(16-20-9-11-23(29)24(30)13-20)27(36)17-35(21-10-12-26(32)25(31)14-21)40(38,39)22-7-5-4-6-8-22/h4-14,18-19H,15-17H2,1-3H3,(H,33,37). The Labute approximate surface area is 248 Å². The fourth-order valence-corrected chi connectivity index (χ4v) is 5.68. The smallest absolute Gasteiger partial charge is 0.264 e. The van der Waals surface area contributed by atoms with E-state index in [1.54, 1.807) is 43.3 Å². The van der Waals surface area contributed by atoms with E-state index < -0.39 is 40.2 Å². The second-order valence-electron chi connectivity index (χ2n) is 9.51. The van der Waals surface area contributed by atoms with E-state index in [1.165, 1.54) is 23.1 Å². The average Bonchev–Trinajstić information content (AvgIpc) is 2.92. The molecule has 0 saturated carbocycles. The Morgan fingerprint density at radius 1 is 0.900 bits per heavy atom. The van der Waals surface area contributed by atoms with Crippen molar-refractivity contribution < 1.29 is 22.4 Å². The molecular formula is C28H29Cl3FN3O4S. The molecule has 0 aliphatic heterocycles. The molecule has 214 valence electrons. The second-order valence-corrected chi connectivity index (χ2v) is 12.6. The van der Waals surface area contributed by atoms with Gasteiger partial charge in [0, 0.05) is 13.1 Å². The summed E-state index contributed by atoms with van der Waals surface area (Å²) in [5.41, 5.74) is 0.559. The third-order valence-corrected chi connectivity index (χ3v) is 8.81. The van der Waals surface area contributed by atoms with E-state index >= 15 is 0 Å². The number of amides is 2. The zero-order valence-corrected chi connectivity index (χ0v) is 25.2. The van der Waals surface area contributed by atoms with Crippen molar-refractivity contribution >= 4 is 62.3 Å². The van der Waals surface area contributed by atoms with Gasteiger partial charge in [0.15, 0.2) is 0 Å². The van der Waals surface area contributed by atoms with E-state index in [0.29, 0.717) is 17.1 Å². The molecule has 0 fully saturated rings. The van der Waals surface area contributed by atoms with Gasteiger partial charge < -0.3 is 10.2 Å². The number of carbonyl (C=O) groups is 2. The summed E-state index contributed by atoms with van der Waals surface area (Å²) in [5, 5.41) is 3.08. The topological polar surface area (TPSA) is 86.8 Å². The van der Waals surface area contributed by atoms with E-state index in [1.807, 2.05) is 13.8 Å². The van der Waals surface area contributed by atoms with Gasteiger partial charge in [0.25, 0.3) is 10.0 Å². The summed E-state index contributed by atoms with van der Waals surface area (Å²) in [5.74, 6) is -1.67. The van der Waals surface area contributed by atoms with E-state index in [2.05, 4.69) is 5.32 Å². The molecule has 3 aromatic rings. The number of carbonyl (C=O) groups excluding carboxylic acids is 2. The van der Waals surface area contributed by atoms with Crippen LogP contribution in [0.3, 0.4) is 0 Å². The Morgan fingerprint density at radius 2 is 1.57 bits per heavy atom. The largest absolute Gasteiger partial charge is 0.354 e. The molecule has 0 aliphatic rings. The molecule has 7 nitrogen and oxygen atoms in total. The summed E-state index contributed by atoms with van der Waals surface area (Å²) in [6, 6.07) is 14.7. The Bertz CT molecular complexity index is 1470. The predicted molar refractivity (Wildman–Crippen MR) is 157 cm³/mol. The van der Waals surface area contributed by atoms with Gasteiger partial charge in [0.2, 0.25) is 11.8 Å².